The maximum absolute atomic E-state index is 11.9. The van der Waals surface area contributed by atoms with Crippen LogP contribution in [0.3, 0.4) is 0 Å². The first kappa shape index (κ1) is 14.0. The Morgan fingerprint density at radius 3 is 2.89 bits per heavy atom. The van der Waals surface area contributed by atoms with E-state index >= 15 is 0 Å². The Labute approximate surface area is 114 Å². The summed E-state index contributed by atoms with van der Waals surface area (Å²) in [6.45, 7) is 2.47. The Balaban J connectivity index is 1.85. The minimum absolute atomic E-state index is 0.0886. The Morgan fingerprint density at radius 2 is 2.16 bits per heavy atom. The summed E-state index contributed by atoms with van der Waals surface area (Å²) in [5.74, 6) is 0.161. The van der Waals surface area contributed by atoms with Crippen molar-refractivity contribution in [1.82, 2.24) is 10.2 Å². The van der Waals surface area contributed by atoms with Crippen molar-refractivity contribution < 1.29 is 9.90 Å². The van der Waals surface area contributed by atoms with Gasteiger partial charge in [-0.25, -0.2) is 0 Å². The zero-order chi connectivity index (χ0) is 13.5. The van der Waals surface area contributed by atoms with Gasteiger partial charge in [0, 0.05) is 38.7 Å². The molecular formula is C15H22N2O2. The normalized spacial score (nSPS) is 19.4. The molecule has 1 fully saturated rings. The maximum atomic E-state index is 11.9. The third-order valence-electron chi connectivity index (χ3n) is 3.48. The summed E-state index contributed by atoms with van der Waals surface area (Å²) in [4.78, 5) is 13.9. The van der Waals surface area contributed by atoms with Crippen molar-refractivity contribution in [2.24, 2.45) is 0 Å². The van der Waals surface area contributed by atoms with Crippen LogP contribution in [0, 0.1) is 0 Å². The molecule has 4 heteroatoms. The number of nitrogens with zero attached hydrogens (tertiary/aromatic N) is 1. The number of hydrogen-bond donors (Lipinski definition) is 2. The molecule has 1 aliphatic rings. The number of nitrogens with one attached hydrogen (secondary N) is 1. The summed E-state index contributed by atoms with van der Waals surface area (Å²) in [5.41, 5.74) is 1.30. The van der Waals surface area contributed by atoms with E-state index in [0.717, 1.165) is 26.1 Å². The Kier molecular flexibility index (Phi) is 5.36. The van der Waals surface area contributed by atoms with Gasteiger partial charge in [-0.2, -0.15) is 0 Å². The molecule has 0 bridgehead atoms. The van der Waals surface area contributed by atoms with Crippen LogP contribution in [0.25, 0.3) is 0 Å². The zero-order valence-corrected chi connectivity index (χ0v) is 11.2. The zero-order valence-electron chi connectivity index (χ0n) is 11.2. The lowest BCUT2D eigenvalue weighted by Crippen LogP contribution is -2.53. The van der Waals surface area contributed by atoms with E-state index in [0.29, 0.717) is 18.9 Å². The van der Waals surface area contributed by atoms with Crippen LogP contribution in [0.5, 0.6) is 0 Å². The number of carbonyl (C=O) groups is 1. The molecule has 0 spiro atoms. The van der Waals surface area contributed by atoms with Gasteiger partial charge in [-0.05, 0) is 18.4 Å². The SMILES string of the molecule is O=C(CCCO)N1CCNC(Cc2ccccc2)C1. The number of carbonyl (C=O) groups excluding carboxylic acids is 1. The highest BCUT2D eigenvalue weighted by atomic mass is 16.3. The predicted octanol–water partition coefficient (Wildman–Crippen LogP) is 0.802. The number of aliphatic hydroxyl groups is 1. The van der Waals surface area contributed by atoms with Crippen molar-refractivity contribution in [3.8, 4) is 0 Å². The average Bonchev–Trinajstić information content (AvgIpc) is 2.46. The van der Waals surface area contributed by atoms with Crippen molar-refractivity contribution in [2.45, 2.75) is 25.3 Å². The van der Waals surface area contributed by atoms with Crippen LogP contribution in [0.15, 0.2) is 30.3 Å². The molecule has 0 saturated carbocycles. The predicted molar refractivity (Wildman–Crippen MR) is 74.8 cm³/mol. The Bertz CT molecular complexity index is 394. The molecule has 0 aromatic heterocycles. The smallest absolute Gasteiger partial charge is 0.222 e. The van der Waals surface area contributed by atoms with E-state index in [2.05, 4.69) is 17.4 Å². The highest BCUT2D eigenvalue weighted by Crippen LogP contribution is 2.09. The molecule has 104 valence electrons. The van der Waals surface area contributed by atoms with Gasteiger partial charge in [-0.3, -0.25) is 4.79 Å². The van der Waals surface area contributed by atoms with Gasteiger partial charge in [0.2, 0.25) is 5.91 Å². The van der Waals surface area contributed by atoms with E-state index in [1.54, 1.807) is 0 Å². The molecule has 19 heavy (non-hydrogen) atoms. The number of hydrogen-bond acceptors (Lipinski definition) is 3. The van der Waals surface area contributed by atoms with E-state index in [9.17, 15) is 4.79 Å². The molecular weight excluding hydrogens is 240 g/mol. The molecule has 0 radical (unpaired) electrons. The van der Waals surface area contributed by atoms with E-state index in [-0.39, 0.29) is 12.5 Å². The number of piperazine rings is 1. The van der Waals surface area contributed by atoms with Crippen LogP contribution in [-0.4, -0.2) is 48.2 Å². The summed E-state index contributed by atoms with van der Waals surface area (Å²) in [6.07, 6.45) is 1.96. The van der Waals surface area contributed by atoms with Crippen LogP contribution in [0.4, 0.5) is 0 Å². The maximum Gasteiger partial charge on any atom is 0.222 e. The van der Waals surface area contributed by atoms with Gasteiger partial charge in [-0.15, -0.1) is 0 Å². The second-order valence-corrected chi connectivity index (χ2v) is 5.01. The van der Waals surface area contributed by atoms with Crippen molar-refractivity contribution in [2.75, 3.05) is 26.2 Å². The van der Waals surface area contributed by atoms with E-state index in [1.807, 2.05) is 23.1 Å². The minimum Gasteiger partial charge on any atom is -0.396 e. The van der Waals surface area contributed by atoms with Gasteiger partial charge < -0.3 is 15.3 Å². The van der Waals surface area contributed by atoms with Gasteiger partial charge in [0.25, 0.3) is 0 Å². The summed E-state index contributed by atoms with van der Waals surface area (Å²) in [6, 6.07) is 10.7. The van der Waals surface area contributed by atoms with Gasteiger partial charge in [0.15, 0.2) is 0 Å². The second-order valence-electron chi connectivity index (χ2n) is 5.01. The number of rotatable bonds is 5. The van der Waals surface area contributed by atoms with Gasteiger partial charge in [-0.1, -0.05) is 30.3 Å². The molecule has 2 N–H and O–H groups in total. The van der Waals surface area contributed by atoms with Crippen molar-refractivity contribution >= 4 is 5.91 Å². The first-order valence-electron chi connectivity index (χ1n) is 6.95. The fourth-order valence-electron chi connectivity index (χ4n) is 2.48. The molecule has 0 aliphatic carbocycles. The molecule has 1 aliphatic heterocycles. The number of benzene rings is 1. The van der Waals surface area contributed by atoms with Crippen molar-refractivity contribution in [3.63, 3.8) is 0 Å². The van der Waals surface area contributed by atoms with Crippen LogP contribution in [0.1, 0.15) is 18.4 Å². The fraction of sp³-hybridized carbons (Fsp3) is 0.533. The lowest BCUT2D eigenvalue weighted by Gasteiger charge is -2.34. The molecule has 1 saturated heterocycles. The second kappa shape index (κ2) is 7.26. The van der Waals surface area contributed by atoms with Gasteiger partial charge in [0.05, 0.1) is 0 Å². The summed E-state index contributed by atoms with van der Waals surface area (Å²) >= 11 is 0. The molecule has 4 nitrogen and oxygen atoms in total. The van der Waals surface area contributed by atoms with Crippen molar-refractivity contribution in [3.05, 3.63) is 35.9 Å². The fourth-order valence-corrected chi connectivity index (χ4v) is 2.48. The van der Waals surface area contributed by atoms with E-state index in [1.165, 1.54) is 5.56 Å². The highest BCUT2D eigenvalue weighted by molar-refractivity contribution is 5.76. The van der Waals surface area contributed by atoms with E-state index in [4.69, 9.17) is 5.11 Å². The summed E-state index contributed by atoms with van der Waals surface area (Å²) in [7, 11) is 0. The summed E-state index contributed by atoms with van der Waals surface area (Å²) in [5, 5.41) is 12.2. The summed E-state index contributed by atoms with van der Waals surface area (Å²) < 4.78 is 0. The minimum atomic E-state index is 0.0886. The molecule has 2 rings (SSSR count). The van der Waals surface area contributed by atoms with Crippen LogP contribution in [0.2, 0.25) is 0 Å². The first-order chi connectivity index (χ1) is 9.29. The van der Waals surface area contributed by atoms with E-state index < -0.39 is 0 Å². The number of amides is 1. The molecule has 1 unspecified atom stereocenters. The van der Waals surface area contributed by atoms with Crippen LogP contribution < -0.4 is 5.32 Å². The molecule has 1 heterocycles. The van der Waals surface area contributed by atoms with Crippen molar-refractivity contribution in [1.29, 1.82) is 0 Å². The lowest BCUT2D eigenvalue weighted by atomic mass is 10.0. The number of aliphatic hydroxyl groups excluding tert-OH is 1. The largest absolute Gasteiger partial charge is 0.396 e. The molecule has 1 atom stereocenters. The quantitative estimate of drug-likeness (QED) is 0.825. The topological polar surface area (TPSA) is 52.6 Å². The highest BCUT2D eigenvalue weighted by Gasteiger charge is 2.22. The standard InChI is InChI=1S/C15H22N2O2/c18-10-4-7-15(19)17-9-8-16-14(12-17)11-13-5-2-1-3-6-13/h1-3,5-6,14,16,18H,4,7-12H2. The van der Waals surface area contributed by atoms with Gasteiger partial charge >= 0.3 is 0 Å². The Morgan fingerprint density at radius 1 is 1.37 bits per heavy atom. The average molecular weight is 262 g/mol. The Hall–Kier alpha value is -1.39. The molecule has 1 amide bonds. The van der Waals surface area contributed by atoms with Crippen LogP contribution in [-0.2, 0) is 11.2 Å². The molecule has 1 aromatic carbocycles. The van der Waals surface area contributed by atoms with Crippen LogP contribution >= 0.6 is 0 Å². The monoisotopic (exact) mass is 262 g/mol. The third kappa shape index (κ3) is 4.33. The third-order valence-corrected chi connectivity index (χ3v) is 3.48. The first-order valence-corrected chi connectivity index (χ1v) is 6.95. The molecule has 1 aromatic rings. The lowest BCUT2D eigenvalue weighted by molar-refractivity contribution is -0.132. The van der Waals surface area contributed by atoms with Gasteiger partial charge in [0.1, 0.15) is 0 Å².